The van der Waals surface area contributed by atoms with Crippen LogP contribution in [0.2, 0.25) is 0 Å². The Morgan fingerprint density at radius 2 is 1.80 bits per heavy atom. The van der Waals surface area contributed by atoms with Gasteiger partial charge in [0.15, 0.2) is 11.6 Å². The van der Waals surface area contributed by atoms with Gasteiger partial charge in [0.05, 0.1) is 7.11 Å². The highest BCUT2D eigenvalue weighted by Crippen LogP contribution is 2.07. The SMILES string of the molecule is CCC(NC(C(C)=O)C(=O)c1ccccc1)C(=O)OC. The number of rotatable bonds is 7. The van der Waals surface area contributed by atoms with Crippen LogP contribution in [0.25, 0.3) is 0 Å². The largest absolute Gasteiger partial charge is 0.468 e. The van der Waals surface area contributed by atoms with Crippen molar-refractivity contribution in [3.8, 4) is 0 Å². The van der Waals surface area contributed by atoms with Gasteiger partial charge in [-0.15, -0.1) is 0 Å². The van der Waals surface area contributed by atoms with Crippen LogP contribution in [0.15, 0.2) is 30.3 Å². The van der Waals surface area contributed by atoms with E-state index in [1.165, 1.54) is 14.0 Å². The molecule has 0 fully saturated rings. The van der Waals surface area contributed by atoms with Gasteiger partial charge in [-0.05, 0) is 13.3 Å². The van der Waals surface area contributed by atoms with Crippen molar-refractivity contribution in [1.29, 1.82) is 0 Å². The van der Waals surface area contributed by atoms with Crippen molar-refractivity contribution in [1.82, 2.24) is 5.32 Å². The number of carbonyl (C=O) groups excluding carboxylic acids is 3. The van der Waals surface area contributed by atoms with E-state index in [1.54, 1.807) is 37.3 Å². The Morgan fingerprint density at radius 3 is 2.25 bits per heavy atom. The highest BCUT2D eigenvalue weighted by molar-refractivity contribution is 6.13. The Kier molecular flexibility index (Phi) is 6.06. The van der Waals surface area contributed by atoms with Gasteiger partial charge >= 0.3 is 5.97 Å². The molecule has 0 amide bonds. The lowest BCUT2D eigenvalue weighted by Gasteiger charge is -2.20. The minimum Gasteiger partial charge on any atom is -0.468 e. The average Bonchev–Trinajstić information content (AvgIpc) is 2.47. The minimum absolute atomic E-state index is 0.332. The van der Waals surface area contributed by atoms with Gasteiger partial charge in [0.1, 0.15) is 12.1 Å². The molecular formula is C15H19NO4. The monoisotopic (exact) mass is 277 g/mol. The Hall–Kier alpha value is -2.01. The van der Waals surface area contributed by atoms with Crippen molar-refractivity contribution < 1.29 is 19.1 Å². The summed E-state index contributed by atoms with van der Waals surface area (Å²) in [4.78, 5) is 35.6. The second kappa shape index (κ2) is 7.55. The molecule has 1 N–H and O–H groups in total. The Labute approximate surface area is 118 Å². The van der Waals surface area contributed by atoms with E-state index in [0.29, 0.717) is 12.0 Å². The molecule has 2 atom stereocenters. The number of hydrogen-bond donors (Lipinski definition) is 1. The van der Waals surface area contributed by atoms with E-state index in [9.17, 15) is 14.4 Å². The van der Waals surface area contributed by atoms with Crippen molar-refractivity contribution in [2.75, 3.05) is 7.11 Å². The molecule has 20 heavy (non-hydrogen) atoms. The first-order valence-electron chi connectivity index (χ1n) is 6.44. The van der Waals surface area contributed by atoms with Crippen LogP contribution in [-0.4, -0.2) is 36.7 Å². The maximum absolute atomic E-state index is 12.3. The first-order chi connectivity index (χ1) is 9.51. The zero-order valence-corrected chi connectivity index (χ0v) is 11.9. The molecule has 0 saturated heterocycles. The molecule has 2 unspecified atom stereocenters. The Morgan fingerprint density at radius 1 is 1.20 bits per heavy atom. The molecule has 1 rings (SSSR count). The molecule has 0 radical (unpaired) electrons. The van der Waals surface area contributed by atoms with Crippen molar-refractivity contribution in [3.63, 3.8) is 0 Å². The molecule has 0 bridgehead atoms. The average molecular weight is 277 g/mol. The molecule has 0 spiro atoms. The molecule has 5 heteroatoms. The topological polar surface area (TPSA) is 72.5 Å². The molecule has 0 aliphatic rings. The molecule has 5 nitrogen and oxygen atoms in total. The van der Waals surface area contributed by atoms with Crippen molar-refractivity contribution in [2.45, 2.75) is 32.4 Å². The molecule has 1 aromatic rings. The molecule has 108 valence electrons. The summed E-state index contributed by atoms with van der Waals surface area (Å²) in [6.07, 6.45) is 0.429. The number of nitrogens with one attached hydrogen (secondary N) is 1. The predicted molar refractivity (Wildman–Crippen MR) is 74.5 cm³/mol. The predicted octanol–water partition coefficient (Wildman–Crippen LogP) is 1.37. The van der Waals surface area contributed by atoms with Gasteiger partial charge in [0, 0.05) is 5.56 Å². The van der Waals surface area contributed by atoms with E-state index < -0.39 is 18.1 Å². The summed E-state index contributed by atoms with van der Waals surface area (Å²) in [7, 11) is 1.27. The van der Waals surface area contributed by atoms with Crippen molar-refractivity contribution in [3.05, 3.63) is 35.9 Å². The number of carbonyl (C=O) groups is 3. The number of methoxy groups -OCH3 is 1. The second-order valence-corrected chi connectivity index (χ2v) is 4.42. The van der Waals surface area contributed by atoms with Crippen LogP contribution < -0.4 is 5.32 Å². The molecule has 0 aromatic heterocycles. The van der Waals surface area contributed by atoms with E-state index in [1.807, 2.05) is 0 Å². The standard InChI is InChI=1S/C15H19NO4/c1-4-12(15(19)20-3)16-13(10(2)17)14(18)11-8-6-5-7-9-11/h5-9,12-13,16H,4H2,1-3H3. The van der Waals surface area contributed by atoms with Gasteiger partial charge in [0.25, 0.3) is 0 Å². The van der Waals surface area contributed by atoms with Gasteiger partial charge in [-0.3, -0.25) is 19.7 Å². The Bertz CT molecular complexity index is 484. The maximum atomic E-state index is 12.3. The number of Topliss-reactive ketones (excluding diaryl/α,β-unsaturated/α-hetero) is 2. The molecular weight excluding hydrogens is 258 g/mol. The summed E-state index contributed by atoms with van der Waals surface area (Å²) in [6.45, 7) is 3.10. The summed E-state index contributed by atoms with van der Waals surface area (Å²) in [5, 5.41) is 2.78. The third-order valence-electron chi connectivity index (χ3n) is 2.99. The van der Waals surface area contributed by atoms with Crippen LogP contribution in [0, 0.1) is 0 Å². The number of esters is 1. The summed E-state index contributed by atoms with van der Waals surface area (Å²) in [6, 6.07) is 6.79. The third-order valence-corrected chi connectivity index (χ3v) is 2.99. The van der Waals surface area contributed by atoms with E-state index >= 15 is 0 Å². The van der Waals surface area contributed by atoms with Gasteiger partial charge in [-0.1, -0.05) is 37.3 Å². The van der Waals surface area contributed by atoms with Crippen molar-refractivity contribution >= 4 is 17.5 Å². The lowest BCUT2D eigenvalue weighted by molar-refractivity contribution is -0.143. The van der Waals surface area contributed by atoms with Gasteiger partial charge in [-0.25, -0.2) is 0 Å². The van der Waals surface area contributed by atoms with Crippen LogP contribution >= 0.6 is 0 Å². The first-order valence-corrected chi connectivity index (χ1v) is 6.44. The molecule has 1 aromatic carbocycles. The third kappa shape index (κ3) is 3.99. The fourth-order valence-electron chi connectivity index (χ4n) is 1.84. The van der Waals surface area contributed by atoms with Crippen LogP contribution in [0.5, 0.6) is 0 Å². The van der Waals surface area contributed by atoms with Gasteiger partial charge in [-0.2, -0.15) is 0 Å². The number of ketones is 2. The number of hydrogen-bond acceptors (Lipinski definition) is 5. The van der Waals surface area contributed by atoms with Crippen LogP contribution in [0.1, 0.15) is 30.6 Å². The molecule has 0 aliphatic heterocycles. The Balaban J connectivity index is 2.92. The van der Waals surface area contributed by atoms with Gasteiger partial charge < -0.3 is 4.74 Å². The first kappa shape index (κ1) is 16.0. The maximum Gasteiger partial charge on any atom is 0.322 e. The van der Waals surface area contributed by atoms with Crippen LogP contribution in [0.3, 0.4) is 0 Å². The summed E-state index contributed by atoms with van der Waals surface area (Å²) in [5.74, 6) is -1.17. The van der Waals surface area contributed by atoms with E-state index in [4.69, 9.17) is 0 Å². The highest BCUT2D eigenvalue weighted by atomic mass is 16.5. The summed E-state index contributed by atoms with van der Waals surface area (Å²) < 4.78 is 4.65. The number of ether oxygens (including phenoxy) is 1. The van der Waals surface area contributed by atoms with Crippen molar-refractivity contribution in [2.24, 2.45) is 0 Å². The molecule has 0 aliphatic carbocycles. The van der Waals surface area contributed by atoms with E-state index in [-0.39, 0.29) is 11.6 Å². The fourth-order valence-corrected chi connectivity index (χ4v) is 1.84. The summed E-state index contributed by atoms with van der Waals surface area (Å²) in [5.41, 5.74) is 0.430. The fraction of sp³-hybridized carbons (Fsp3) is 0.400. The zero-order valence-electron chi connectivity index (χ0n) is 11.9. The molecule has 0 saturated carbocycles. The lowest BCUT2D eigenvalue weighted by atomic mass is 10.00. The quantitative estimate of drug-likeness (QED) is 0.463. The summed E-state index contributed by atoms with van der Waals surface area (Å²) >= 11 is 0. The van der Waals surface area contributed by atoms with E-state index in [0.717, 1.165) is 0 Å². The second-order valence-electron chi connectivity index (χ2n) is 4.42. The highest BCUT2D eigenvalue weighted by Gasteiger charge is 2.29. The molecule has 0 heterocycles. The number of benzene rings is 1. The van der Waals surface area contributed by atoms with Crippen LogP contribution in [-0.2, 0) is 14.3 Å². The zero-order chi connectivity index (χ0) is 15.1. The smallest absolute Gasteiger partial charge is 0.322 e. The van der Waals surface area contributed by atoms with Gasteiger partial charge in [0.2, 0.25) is 0 Å². The normalized spacial score (nSPS) is 13.3. The van der Waals surface area contributed by atoms with Crippen LogP contribution in [0.4, 0.5) is 0 Å². The van der Waals surface area contributed by atoms with E-state index in [2.05, 4.69) is 10.1 Å². The lowest BCUT2D eigenvalue weighted by Crippen LogP contribution is -2.50. The minimum atomic E-state index is -1.04.